The highest BCUT2D eigenvalue weighted by atomic mass is 16.1. The zero-order valence-corrected chi connectivity index (χ0v) is 12.8. The highest BCUT2D eigenvalue weighted by molar-refractivity contribution is 5.81. The van der Waals surface area contributed by atoms with E-state index in [9.17, 15) is 4.79 Å². The Morgan fingerprint density at radius 1 is 1.30 bits per heavy atom. The van der Waals surface area contributed by atoms with Crippen LogP contribution >= 0.6 is 0 Å². The zero-order valence-electron chi connectivity index (χ0n) is 12.8. The first-order valence-electron chi connectivity index (χ1n) is 7.38. The summed E-state index contributed by atoms with van der Waals surface area (Å²) in [5, 5.41) is 6.20. The maximum absolute atomic E-state index is 11.9. The van der Waals surface area contributed by atoms with E-state index in [0.29, 0.717) is 6.54 Å². The van der Waals surface area contributed by atoms with Crippen LogP contribution in [0.1, 0.15) is 37.3 Å². The minimum absolute atomic E-state index is 0.000735. The van der Waals surface area contributed by atoms with Crippen molar-refractivity contribution in [3.63, 3.8) is 0 Å². The number of para-hydroxylation sites is 1. The normalized spacial score (nSPS) is 12.0. The Labute approximate surface area is 122 Å². The first kappa shape index (κ1) is 16.5. The van der Waals surface area contributed by atoms with E-state index >= 15 is 0 Å². The highest BCUT2D eigenvalue weighted by Gasteiger charge is 2.10. The zero-order chi connectivity index (χ0) is 15.0. The molecule has 1 rings (SSSR count). The third-order valence-corrected chi connectivity index (χ3v) is 3.46. The van der Waals surface area contributed by atoms with Gasteiger partial charge in [0.25, 0.3) is 0 Å². The number of carbonyl (C=O) groups excluding carboxylic acids is 1. The molecule has 1 unspecified atom stereocenters. The fourth-order valence-corrected chi connectivity index (χ4v) is 2.24. The van der Waals surface area contributed by atoms with E-state index in [1.807, 2.05) is 32.0 Å². The van der Waals surface area contributed by atoms with Crippen molar-refractivity contribution in [3.05, 3.63) is 29.3 Å². The van der Waals surface area contributed by atoms with E-state index in [-0.39, 0.29) is 18.5 Å². The molecule has 0 radical (unpaired) electrons. The minimum Gasteiger partial charge on any atom is -0.376 e. The summed E-state index contributed by atoms with van der Waals surface area (Å²) < 4.78 is 0. The number of aryl methyl sites for hydroxylation is 2. The molecule has 1 amide bonds. The number of unbranched alkanes of at least 4 members (excludes halogenated alkanes) is 1. The second kappa shape index (κ2) is 8.59. The van der Waals surface area contributed by atoms with Gasteiger partial charge in [0.05, 0.1) is 6.54 Å². The SMILES string of the molecule is CCCCC(CN)NC(=O)CNc1c(C)cccc1C. The van der Waals surface area contributed by atoms with Gasteiger partial charge in [-0.3, -0.25) is 4.79 Å². The lowest BCUT2D eigenvalue weighted by molar-refractivity contribution is -0.120. The quantitative estimate of drug-likeness (QED) is 0.683. The van der Waals surface area contributed by atoms with Crippen molar-refractivity contribution < 1.29 is 4.79 Å². The van der Waals surface area contributed by atoms with Crippen molar-refractivity contribution in [1.82, 2.24) is 5.32 Å². The van der Waals surface area contributed by atoms with Gasteiger partial charge in [-0.15, -0.1) is 0 Å². The minimum atomic E-state index is -0.000735. The Morgan fingerprint density at radius 3 is 2.50 bits per heavy atom. The van der Waals surface area contributed by atoms with Crippen LogP contribution in [0, 0.1) is 13.8 Å². The van der Waals surface area contributed by atoms with Crippen molar-refractivity contribution >= 4 is 11.6 Å². The lowest BCUT2D eigenvalue weighted by atomic mass is 10.1. The summed E-state index contributed by atoms with van der Waals surface area (Å²) in [4.78, 5) is 11.9. The molecule has 4 nitrogen and oxygen atoms in total. The highest BCUT2D eigenvalue weighted by Crippen LogP contribution is 2.18. The number of carbonyl (C=O) groups is 1. The first-order chi connectivity index (χ1) is 9.58. The molecule has 1 atom stereocenters. The van der Waals surface area contributed by atoms with Crippen molar-refractivity contribution in [1.29, 1.82) is 0 Å². The Morgan fingerprint density at radius 2 is 1.95 bits per heavy atom. The van der Waals surface area contributed by atoms with Gasteiger partial charge in [-0.05, 0) is 31.4 Å². The lowest BCUT2D eigenvalue weighted by Gasteiger charge is -2.18. The van der Waals surface area contributed by atoms with Gasteiger partial charge in [-0.1, -0.05) is 38.0 Å². The average Bonchev–Trinajstić information content (AvgIpc) is 2.42. The molecule has 0 aliphatic rings. The molecule has 0 bridgehead atoms. The summed E-state index contributed by atoms with van der Waals surface area (Å²) in [5.41, 5.74) is 9.03. The summed E-state index contributed by atoms with van der Waals surface area (Å²) >= 11 is 0. The molecule has 4 N–H and O–H groups in total. The molecule has 0 saturated heterocycles. The standard InChI is InChI=1S/C16H27N3O/c1-4-5-9-14(10-17)19-15(20)11-18-16-12(2)7-6-8-13(16)3/h6-8,14,18H,4-5,9-11,17H2,1-3H3,(H,19,20). The van der Waals surface area contributed by atoms with Crippen LogP contribution in [-0.2, 0) is 4.79 Å². The van der Waals surface area contributed by atoms with Crippen LogP contribution in [0.15, 0.2) is 18.2 Å². The molecule has 0 aromatic heterocycles. The van der Waals surface area contributed by atoms with E-state index in [2.05, 4.69) is 17.6 Å². The molecule has 0 heterocycles. The number of anilines is 1. The molecule has 0 fully saturated rings. The Kier molecular flexibility index (Phi) is 7.09. The summed E-state index contributed by atoms with van der Waals surface area (Å²) in [6.45, 7) is 7.00. The van der Waals surface area contributed by atoms with Crippen molar-refractivity contribution in [2.24, 2.45) is 5.73 Å². The van der Waals surface area contributed by atoms with Crippen LogP contribution in [0.3, 0.4) is 0 Å². The molecular weight excluding hydrogens is 250 g/mol. The molecule has 0 spiro atoms. The van der Waals surface area contributed by atoms with Crippen molar-refractivity contribution in [3.8, 4) is 0 Å². The number of nitrogens with one attached hydrogen (secondary N) is 2. The van der Waals surface area contributed by atoms with Crippen molar-refractivity contribution in [2.75, 3.05) is 18.4 Å². The third kappa shape index (κ3) is 5.21. The number of benzene rings is 1. The van der Waals surface area contributed by atoms with Gasteiger partial charge < -0.3 is 16.4 Å². The summed E-state index contributed by atoms with van der Waals surface area (Å²) in [6.07, 6.45) is 3.15. The molecule has 1 aromatic rings. The van der Waals surface area contributed by atoms with Gasteiger partial charge in [0, 0.05) is 18.3 Å². The Hall–Kier alpha value is -1.55. The lowest BCUT2D eigenvalue weighted by Crippen LogP contribution is -2.42. The van der Waals surface area contributed by atoms with E-state index in [0.717, 1.165) is 36.1 Å². The van der Waals surface area contributed by atoms with Gasteiger partial charge in [0.1, 0.15) is 0 Å². The predicted molar refractivity (Wildman–Crippen MR) is 84.9 cm³/mol. The molecule has 112 valence electrons. The molecule has 20 heavy (non-hydrogen) atoms. The average molecular weight is 277 g/mol. The summed E-state index contributed by atoms with van der Waals surface area (Å²) in [5.74, 6) is -0.000735. The van der Waals surface area contributed by atoms with E-state index in [1.165, 1.54) is 0 Å². The van der Waals surface area contributed by atoms with Crippen molar-refractivity contribution in [2.45, 2.75) is 46.1 Å². The van der Waals surface area contributed by atoms with Crippen LogP contribution in [0.2, 0.25) is 0 Å². The molecule has 0 aliphatic carbocycles. The van der Waals surface area contributed by atoms with Crippen LogP contribution in [0.5, 0.6) is 0 Å². The van der Waals surface area contributed by atoms with Gasteiger partial charge in [-0.25, -0.2) is 0 Å². The number of hydrogen-bond donors (Lipinski definition) is 3. The molecule has 0 aliphatic heterocycles. The largest absolute Gasteiger partial charge is 0.376 e. The Bertz CT molecular complexity index is 411. The number of hydrogen-bond acceptors (Lipinski definition) is 3. The predicted octanol–water partition coefficient (Wildman–Crippen LogP) is 2.35. The van der Waals surface area contributed by atoms with Crippen LogP contribution in [-0.4, -0.2) is 25.0 Å². The second-order valence-electron chi connectivity index (χ2n) is 5.26. The Balaban J connectivity index is 2.46. The smallest absolute Gasteiger partial charge is 0.239 e. The maximum atomic E-state index is 11.9. The molecule has 0 saturated carbocycles. The van der Waals surface area contributed by atoms with Gasteiger partial charge >= 0.3 is 0 Å². The van der Waals surface area contributed by atoms with Crippen LogP contribution in [0.25, 0.3) is 0 Å². The van der Waals surface area contributed by atoms with Gasteiger partial charge in [-0.2, -0.15) is 0 Å². The fourth-order valence-electron chi connectivity index (χ4n) is 2.24. The van der Waals surface area contributed by atoms with E-state index < -0.39 is 0 Å². The molecular formula is C16H27N3O. The van der Waals surface area contributed by atoms with Gasteiger partial charge in [0.15, 0.2) is 0 Å². The van der Waals surface area contributed by atoms with Crippen LogP contribution in [0.4, 0.5) is 5.69 Å². The summed E-state index contributed by atoms with van der Waals surface area (Å²) in [7, 11) is 0. The third-order valence-electron chi connectivity index (χ3n) is 3.46. The number of amides is 1. The van der Waals surface area contributed by atoms with E-state index in [1.54, 1.807) is 0 Å². The fraction of sp³-hybridized carbons (Fsp3) is 0.562. The summed E-state index contributed by atoms with van der Waals surface area (Å²) in [6, 6.07) is 6.18. The van der Waals surface area contributed by atoms with E-state index in [4.69, 9.17) is 5.73 Å². The monoisotopic (exact) mass is 277 g/mol. The second-order valence-corrected chi connectivity index (χ2v) is 5.26. The maximum Gasteiger partial charge on any atom is 0.239 e. The molecule has 4 heteroatoms. The number of rotatable bonds is 8. The topological polar surface area (TPSA) is 67.1 Å². The molecule has 1 aromatic carbocycles. The first-order valence-corrected chi connectivity index (χ1v) is 7.38. The van der Waals surface area contributed by atoms with Crippen LogP contribution < -0.4 is 16.4 Å². The van der Waals surface area contributed by atoms with Gasteiger partial charge in [0.2, 0.25) is 5.91 Å². The number of nitrogens with two attached hydrogens (primary N) is 1.